The first-order valence-corrected chi connectivity index (χ1v) is 8.95. The number of hydrogen-bond donors (Lipinski definition) is 0. The maximum atomic E-state index is 12.1. The summed E-state index contributed by atoms with van der Waals surface area (Å²) in [6.45, 7) is 3.65. The van der Waals surface area contributed by atoms with Crippen molar-refractivity contribution in [1.29, 1.82) is 0 Å². The lowest BCUT2D eigenvalue weighted by atomic mass is 10.0. The van der Waals surface area contributed by atoms with Crippen LogP contribution in [0.3, 0.4) is 0 Å². The molecule has 0 N–H and O–H groups in total. The molecule has 1 unspecified atom stereocenters. The number of thioether (sulfide) groups is 1. The van der Waals surface area contributed by atoms with Gasteiger partial charge in [0.15, 0.2) is 0 Å². The quantitative estimate of drug-likeness (QED) is 0.743. The van der Waals surface area contributed by atoms with Gasteiger partial charge in [0, 0.05) is 23.4 Å². The van der Waals surface area contributed by atoms with Crippen LogP contribution in [0.15, 0.2) is 24.3 Å². The predicted molar refractivity (Wildman–Crippen MR) is 89.3 cm³/mol. The Morgan fingerprint density at radius 2 is 2.33 bits per heavy atom. The second-order valence-corrected chi connectivity index (χ2v) is 6.83. The fourth-order valence-electron chi connectivity index (χ4n) is 2.49. The number of hydrogen-bond acceptors (Lipinski definition) is 3. The van der Waals surface area contributed by atoms with Crippen molar-refractivity contribution in [2.24, 2.45) is 0 Å². The minimum atomic E-state index is 0.259. The smallest absolute Gasteiger partial charge is 0.232 e. The van der Waals surface area contributed by atoms with E-state index in [1.165, 1.54) is 6.42 Å². The van der Waals surface area contributed by atoms with E-state index in [2.05, 4.69) is 6.92 Å². The molecule has 5 heteroatoms. The molecule has 3 nitrogen and oxygen atoms in total. The third-order valence-corrected chi connectivity index (χ3v) is 4.78. The van der Waals surface area contributed by atoms with E-state index in [1.54, 1.807) is 17.8 Å². The van der Waals surface area contributed by atoms with Crippen molar-refractivity contribution >= 4 is 29.3 Å². The second kappa shape index (κ2) is 8.54. The summed E-state index contributed by atoms with van der Waals surface area (Å²) in [6, 6.07) is 7.77. The van der Waals surface area contributed by atoms with Crippen LogP contribution in [-0.2, 0) is 4.79 Å². The van der Waals surface area contributed by atoms with Gasteiger partial charge in [0.05, 0.1) is 12.4 Å². The van der Waals surface area contributed by atoms with Crippen molar-refractivity contribution in [2.45, 2.75) is 32.2 Å². The fraction of sp³-hybridized carbons (Fsp3) is 0.562. The van der Waals surface area contributed by atoms with Crippen LogP contribution in [0.1, 0.15) is 26.2 Å². The van der Waals surface area contributed by atoms with Gasteiger partial charge in [-0.15, -0.1) is 11.8 Å². The maximum Gasteiger partial charge on any atom is 0.232 e. The lowest BCUT2D eigenvalue weighted by Crippen LogP contribution is -2.43. The number of carbonyl (C=O) groups excluding carboxylic acids is 1. The number of ether oxygens (including phenoxy) is 1. The van der Waals surface area contributed by atoms with Crippen molar-refractivity contribution in [3.8, 4) is 5.75 Å². The van der Waals surface area contributed by atoms with E-state index in [1.807, 2.05) is 23.1 Å². The number of piperidine rings is 1. The van der Waals surface area contributed by atoms with Gasteiger partial charge in [0.25, 0.3) is 0 Å². The summed E-state index contributed by atoms with van der Waals surface area (Å²) in [4.78, 5) is 14.2. The first-order valence-electron chi connectivity index (χ1n) is 7.42. The van der Waals surface area contributed by atoms with Crippen molar-refractivity contribution < 1.29 is 9.53 Å². The summed E-state index contributed by atoms with van der Waals surface area (Å²) in [5.74, 6) is 2.39. The van der Waals surface area contributed by atoms with E-state index in [-0.39, 0.29) is 5.91 Å². The van der Waals surface area contributed by atoms with Crippen molar-refractivity contribution in [3.63, 3.8) is 0 Å². The highest BCUT2D eigenvalue weighted by Crippen LogP contribution is 2.19. The molecule has 0 spiro atoms. The van der Waals surface area contributed by atoms with Gasteiger partial charge < -0.3 is 9.64 Å². The number of carbonyl (C=O) groups is 1. The lowest BCUT2D eigenvalue weighted by Gasteiger charge is -2.33. The minimum Gasteiger partial charge on any atom is -0.493 e. The molecule has 21 heavy (non-hydrogen) atoms. The monoisotopic (exact) mass is 327 g/mol. The topological polar surface area (TPSA) is 29.5 Å². The van der Waals surface area contributed by atoms with E-state index in [0.29, 0.717) is 23.4 Å². The molecule has 116 valence electrons. The summed E-state index contributed by atoms with van der Waals surface area (Å²) < 4.78 is 5.61. The molecule has 1 aliphatic heterocycles. The Bertz CT molecular complexity index is 469. The average molecular weight is 328 g/mol. The fourth-order valence-corrected chi connectivity index (χ4v) is 3.35. The Hall–Kier alpha value is -0.870. The highest BCUT2D eigenvalue weighted by molar-refractivity contribution is 7.99. The summed E-state index contributed by atoms with van der Waals surface area (Å²) in [6.07, 6.45) is 3.51. The Morgan fingerprint density at radius 1 is 1.48 bits per heavy atom. The number of amides is 1. The summed E-state index contributed by atoms with van der Waals surface area (Å²) in [5.41, 5.74) is 0. The molecule has 1 atom stereocenters. The standard InChI is InChI=1S/C16H22ClNO2S/c1-13-5-2-3-8-18(13)16(19)12-21-10-9-20-15-7-4-6-14(17)11-15/h4,6-7,11,13H,2-3,5,8-10,12H2,1H3. The van der Waals surface area contributed by atoms with Crippen molar-refractivity contribution in [2.75, 3.05) is 24.7 Å². The number of nitrogens with zero attached hydrogens (tertiary/aromatic N) is 1. The minimum absolute atomic E-state index is 0.259. The number of rotatable bonds is 6. The lowest BCUT2D eigenvalue weighted by molar-refractivity contribution is -0.131. The summed E-state index contributed by atoms with van der Waals surface area (Å²) in [7, 11) is 0. The van der Waals surface area contributed by atoms with Crippen LogP contribution in [0, 0.1) is 0 Å². The molecule has 0 aromatic heterocycles. The van der Waals surface area contributed by atoms with Crippen LogP contribution in [0.4, 0.5) is 0 Å². The molecule has 1 heterocycles. The normalized spacial score (nSPS) is 18.6. The number of likely N-dealkylation sites (tertiary alicyclic amines) is 1. The van der Waals surface area contributed by atoms with Gasteiger partial charge in [-0.2, -0.15) is 0 Å². The Balaban J connectivity index is 1.62. The molecule has 0 bridgehead atoms. The molecular weight excluding hydrogens is 306 g/mol. The van der Waals surface area contributed by atoms with Crippen LogP contribution in [0.5, 0.6) is 5.75 Å². The number of benzene rings is 1. The van der Waals surface area contributed by atoms with Crippen LogP contribution < -0.4 is 4.74 Å². The van der Waals surface area contributed by atoms with E-state index in [9.17, 15) is 4.79 Å². The zero-order valence-corrected chi connectivity index (χ0v) is 14.0. The molecule has 0 saturated carbocycles. The van der Waals surface area contributed by atoms with Crippen LogP contribution in [0.25, 0.3) is 0 Å². The third-order valence-electron chi connectivity index (χ3n) is 3.64. The summed E-state index contributed by atoms with van der Waals surface area (Å²) >= 11 is 7.52. The van der Waals surface area contributed by atoms with Crippen LogP contribution in [-0.4, -0.2) is 41.5 Å². The molecule has 1 aromatic carbocycles. The predicted octanol–water partition coefficient (Wildman–Crippen LogP) is 3.85. The van der Waals surface area contributed by atoms with Crippen molar-refractivity contribution in [3.05, 3.63) is 29.3 Å². The largest absolute Gasteiger partial charge is 0.493 e. The SMILES string of the molecule is CC1CCCCN1C(=O)CSCCOc1cccc(Cl)c1. The van der Waals surface area contributed by atoms with Gasteiger partial charge in [-0.25, -0.2) is 0 Å². The van der Waals surface area contributed by atoms with E-state index >= 15 is 0 Å². The Kier molecular flexibility index (Phi) is 6.71. The van der Waals surface area contributed by atoms with E-state index < -0.39 is 0 Å². The van der Waals surface area contributed by atoms with Gasteiger partial charge in [-0.05, 0) is 44.4 Å². The van der Waals surface area contributed by atoms with Gasteiger partial charge in [0.2, 0.25) is 5.91 Å². The molecule has 1 aliphatic rings. The van der Waals surface area contributed by atoms with Gasteiger partial charge in [0.1, 0.15) is 5.75 Å². The van der Waals surface area contributed by atoms with Gasteiger partial charge >= 0.3 is 0 Å². The number of halogens is 1. The highest BCUT2D eigenvalue weighted by atomic mass is 35.5. The van der Waals surface area contributed by atoms with Crippen LogP contribution >= 0.6 is 23.4 Å². The Labute approximate surface area is 136 Å². The van der Waals surface area contributed by atoms with Crippen molar-refractivity contribution in [1.82, 2.24) is 4.90 Å². The first-order chi connectivity index (χ1) is 10.2. The Morgan fingerprint density at radius 3 is 3.10 bits per heavy atom. The highest BCUT2D eigenvalue weighted by Gasteiger charge is 2.22. The maximum absolute atomic E-state index is 12.1. The molecule has 1 amide bonds. The molecule has 0 radical (unpaired) electrons. The van der Waals surface area contributed by atoms with Crippen LogP contribution in [0.2, 0.25) is 5.02 Å². The molecule has 0 aliphatic carbocycles. The van der Waals surface area contributed by atoms with E-state index in [0.717, 1.165) is 30.9 Å². The first kappa shape index (κ1) is 16.5. The van der Waals surface area contributed by atoms with E-state index in [4.69, 9.17) is 16.3 Å². The molecular formula is C16H22ClNO2S. The second-order valence-electron chi connectivity index (χ2n) is 5.29. The third kappa shape index (κ3) is 5.44. The molecule has 1 aromatic rings. The van der Waals surface area contributed by atoms with Gasteiger partial charge in [-0.3, -0.25) is 4.79 Å². The zero-order valence-electron chi connectivity index (χ0n) is 12.4. The molecule has 2 rings (SSSR count). The van der Waals surface area contributed by atoms with Gasteiger partial charge in [-0.1, -0.05) is 17.7 Å². The molecule has 1 fully saturated rings. The zero-order chi connectivity index (χ0) is 15.1. The summed E-state index contributed by atoms with van der Waals surface area (Å²) in [5, 5.41) is 0.675. The average Bonchev–Trinajstić information content (AvgIpc) is 2.47. The molecule has 1 saturated heterocycles.